The first-order chi connectivity index (χ1) is 8.08. The molecule has 0 aliphatic carbocycles. The van der Waals surface area contributed by atoms with Crippen LogP contribution in [0.15, 0.2) is 34.6 Å². The van der Waals surface area contributed by atoms with E-state index in [1.54, 1.807) is 22.8 Å². The smallest absolute Gasteiger partial charge is 0.341 e. The summed E-state index contributed by atoms with van der Waals surface area (Å²) in [5.74, 6) is -1.19. The summed E-state index contributed by atoms with van der Waals surface area (Å²) < 4.78 is 1.77. The maximum absolute atomic E-state index is 11.4. The molecule has 0 bridgehead atoms. The SMILES string of the molecule is Cc1cc(=O)c(C(=O)O)cn1Cc1cccs1. The Kier molecular flexibility index (Phi) is 3.10. The van der Waals surface area contributed by atoms with Crippen molar-refractivity contribution in [1.29, 1.82) is 0 Å². The van der Waals surface area contributed by atoms with Crippen LogP contribution in [0.4, 0.5) is 0 Å². The van der Waals surface area contributed by atoms with Gasteiger partial charge >= 0.3 is 5.97 Å². The van der Waals surface area contributed by atoms with Crippen molar-refractivity contribution in [3.05, 3.63) is 56.1 Å². The molecule has 0 aromatic carbocycles. The Bertz CT molecular complexity index is 599. The molecule has 88 valence electrons. The summed E-state index contributed by atoms with van der Waals surface area (Å²) >= 11 is 1.60. The minimum atomic E-state index is -1.19. The molecular formula is C12H11NO3S. The van der Waals surface area contributed by atoms with Gasteiger partial charge in [-0.3, -0.25) is 4.79 Å². The molecule has 2 heterocycles. The Morgan fingerprint density at radius 1 is 1.53 bits per heavy atom. The highest BCUT2D eigenvalue weighted by Gasteiger charge is 2.10. The van der Waals surface area contributed by atoms with Crippen molar-refractivity contribution in [2.75, 3.05) is 0 Å². The summed E-state index contributed by atoms with van der Waals surface area (Å²) in [6.45, 7) is 2.38. The molecule has 0 saturated carbocycles. The van der Waals surface area contributed by atoms with Crippen LogP contribution in [0.3, 0.4) is 0 Å². The van der Waals surface area contributed by atoms with Gasteiger partial charge in [0.05, 0.1) is 6.54 Å². The monoisotopic (exact) mass is 249 g/mol. The molecule has 0 spiro atoms. The molecule has 2 rings (SSSR count). The lowest BCUT2D eigenvalue weighted by Gasteiger charge is -2.10. The van der Waals surface area contributed by atoms with E-state index in [0.29, 0.717) is 6.54 Å². The van der Waals surface area contributed by atoms with Gasteiger partial charge < -0.3 is 9.67 Å². The average molecular weight is 249 g/mol. The van der Waals surface area contributed by atoms with Crippen molar-refractivity contribution in [3.63, 3.8) is 0 Å². The largest absolute Gasteiger partial charge is 0.477 e. The predicted molar refractivity (Wildman–Crippen MR) is 65.8 cm³/mol. The number of aromatic carboxylic acids is 1. The van der Waals surface area contributed by atoms with E-state index in [2.05, 4.69) is 0 Å². The van der Waals surface area contributed by atoms with Gasteiger partial charge in [-0.05, 0) is 18.4 Å². The summed E-state index contributed by atoms with van der Waals surface area (Å²) in [5, 5.41) is 10.9. The third-order valence-electron chi connectivity index (χ3n) is 2.48. The first kappa shape index (κ1) is 11.6. The summed E-state index contributed by atoms with van der Waals surface area (Å²) in [5.41, 5.74) is 0.123. The van der Waals surface area contributed by atoms with Gasteiger partial charge in [0.2, 0.25) is 0 Å². The molecule has 0 unspecified atom stereocenters. The molecule has 4 nitrogen and oxygen atoms in total. The fraction of sp³-hybridized carbons (Fsp3) is 0.167. The lowest BCUT2D eigenvalue weighted by Crippen LogP contribution is -2.19. The zero-order valence-electron chi connectivity index (χ0n) is 9.21. The molecule has 0 saturated heterocycles. The van der Waals surface area contributed by atoms with Crippen molar-refractivity contribution >= 4 is 17.3 Å². The molecular weight excluding hydrogens is 238 g/mol. The van der Waals surface area contributed by atoms with Gasteiger partial charge in [0.1, 0.15) is 5.56 Å². The first-order valence-corrected chi connectivity index (χ1v) is 5.92. The van der Waals surface area contributed by atoms with Crippen molar-refractivity contribution in [2.24, 2.45) is 0 Å². The van der Waals surface area contributed by atoms with E-state index >= 15 is 0 Å². The third-order valence-corrected chi connectivity index (χ3v) is 3.34. The van der Waals surface area contributed by atoms with E-state index in [4.69, 9.17) is 5.11 Å². The topological polar surface area (TPSA) is 59.3 Å². The maximum Gasteiger partial charge on any atom is 0.341 e. The van der Waals surface area contributed by atoms with Crippen molar-refractivity contribution in [3.8, 4) is 0 Å². The van der Waals surface area contributed by atoms with E-state index in [0.717, 1.165) is 10.6 Å². The highest BCUT2D eigenvalue weighted by Crippen LogP contribution is 2.12. The first-order valence-electron chi connectivity index (χ1n) is 5.04. The van der Waals surface area contributed by atoms with Crippen molar-refractivity contribution in [1.82, 2.24) is 4.57 Å². The number of carboxylic acids is 1. The van der Waals surface area contributed by atoms with Crippen LogP contribution in [0.5, 0.6) is 0 Å². The minimum absolute atomic E-state index is 0.188. The minimum Gasteiger partial charge on any atom is -0.477 e. The second-order valence-corrected chi connectivity index (χ2v) is 4.74. The summed E-state index contributed by atoms with van der Waals surface area (Å²) in [6.07, 6.45) is 1.40. The third kappa shape index (κ3) is 2.45. The van der Waals surface area contributed by atoms with Gasteiger partial charge in [-0.1, -0.05) is 6.07 Å². The van der Waals surface area contributed by atoms with Gasteiger partial charge in [-0.2, -0.15) is 0 Å². The lowest BCUT2D eigenvalue weighted by molar-refractivity contribution is 0.0694. The van der Waals surface area contributed by atoms with E-state index < -0.39 is 11.4 Å². The number of carboxylic acid groups (broad SMARTS) is 1. The van der Waals surface area contributed by atoms with E-state index in [1.807, 2.05) is 17.5 Å². The molecule has 0 radical (unpaired) electrons. The second kappa shape index (κ2) is 4.55. The Labute approximate surface area is 102 Å². The van der Waals surface area contributed by atoms with E-state index in [1.165, 1.54) is 12.3 Å². The Balaban J connectivity index is 2.44. The van der Waals surface area contributed by atoms with Crippen LogP contribution < -0.4 is 5.43 Å². The zero-order valence-corrected chi connectivity index (χ0v) is 10.0. The second-order valence-electron chi connectivity index (χ2n) is 3.71. The van der Waals surface area contributed by atoms with Crippen LogP contribution in [0.2, 0.25) is 0 Å². The standard InChI is InChI=1S/C12H11NO3S/c1-8-5-11(14)10(12(15)16)7-13(8)6-9-3-2-4-17-9/h2-5,7H,6H2,1H3,(H,15,16). The summed E-state index contributed by atoms with van der Waals surface area (Å²) in [6, 6.07) is 5.27. The van der Waals surface area contributed by atoms with Crippen LogP contribution in [0, 0.1) is 6.92 Å². The molecule has 0 fully saturated rings. The lowest BCUT2D eigenvalue weighted by atomic mass is 10.2. The molecule has 0 aliphatic rings. The van der Waals surface area contributed by atoms with Gasteiger partial charge in [-0.25, -0.2) is 4.79 Å². The molecule has 1 N–H and O–H groups in total. The number of aromatic nitrogens is 1. The number of hydrogen-bond donors (Lipinski definition) is 1. The Hall–Kier alpha value is -1.88. The fourth-order valence-corrected chi connectivity index (χ4v) is 2.28. The number of rotatable bonds is 3. The molecule has 0 amide bonds. The van der Waals surface area contributed by atoms with Crippen molar-refractivity contribution < 1.29 is 9.90 Å². The highest BCUT2D eigenvalue weighted by atomic mass is 32.1. The number of pyridine rings is 1. The number of aryl methyl sites for hydroxylation is 1. The highest BCUT2D eigenvalue weighted by molar-refractivity contribution is 7.09. The number of nitrogens with zero attached hydrogens (tertiary/aromatic N) is 1. The Morgan fingerprint density at radius 3 is 2.88 bits per heavy atom. The number of carbonyl (C=O) groups is 1. The van der Waals surface area contributed by atoms with Crippen molar-refractivity contribution in [2.45, 2.75) is 13.5 Å². The zero-order chi connectivity index (χ0) is 12.4. The van der Waals surface area contributed by atoms with Gasteiger partial charge in [0.25, 0.3) is 0 Å². The van der Waals surface area contributed by atoms with Crippen LogP contribution in [0.1, 0.15) is 20.9 Å². The van der Waals surface area contributed by atoms with Crippen LogP contribution in [0.25, 0.3) is 0 Å². The predicted octanol–water partition coefficient (Wildman–Crippen LogP) is 1.96. The fourth-order valence-electron chi connectivity index (χ4n) is 1.57. The molecule has 2 aromatic rings. The summed E-state index contributed by atoms with van der Waals surface area (Å²) in [7, 11) is 0. The Morgan fingerprint density at radius 2 is 2.29 bits per heavy atom. The van der Waals surface area contributed by atoms with Crippen LogP contribution in [-0.2, 0) is 6.54 Å². The van der Waals surface area contributed by atoms with E-state index in [-0.39, 0.29) is 5.56 Å². The van der Waals surface area contributed by atoms with Gasteiger partial charge in [0, 0.05) is 22.8 Å². The maximum atomic E-state index is 11.4. The molecule has 5 heteroatoms. The quantitative estimate of drug-likeness (QED) is 0.904. The molecule has 2 aromatic heterocycles. The molecule has 17 heavy (non-hydrogen) atoms. The number of hydrogen-bond acceptors (Lipinski definition) is 3. The van der Waals surface area contributed by atoms with E-state index in [9.17, 15) is 9.59 Å². The van der Waals surface area contributed by atoms with Crippen LogP contribution >= 0.6 is 11.3 Å². The normalized spacial score (nSPS) is 10.4. The molecule has 0 atom stereocenters. The van der Waals surface area contributed by atoms with Crippen LogP contribution in [-0.4, -0.2) is 15.6 Å². The summed E-state index contributed by atoms with van der Waals surface area (Å²) in [4.78, 5) is 23.4. The molecule has 0 aliphatic heterocycles. The van der Waals surface area contributed by atoms with Gasteiger partial charge in [0.15, 0.2) is 5.43 Å². The average Bonchev–Trinajstić information content (AvgIpc) is 2.74. The number of thiophene rings is 1. The van der Waals surface area contributed by atoms with Gasteiger partial charge in [-0.15, -0.1) is 11.3 Å².